The molecule has 0 saturated heterocycles. The van der Waals surface area contributed by atoms with Crippen molar-refractivity contribution in [2.45, 2.75) is 6.17 Å². The molecule has 0 amide bonds. The number of rotatable bonds is 1. The Labute approximate surface area is 78.2 Å². The molecule has 1 atom stereocenters. The molecule has 0 bridgehead atoms. The van der Waals surface area contributed by atoms with Crippen molar-refractivity contribution in [2.75, 3.05) is 7.05 Å². The maximum absolute atomic E-state index is 4.39. The van der Waals surface area contributed by atoms with Crippen LogP contribution >= 0.6 is 0 Å². The van der Waals surface area contributed by atoms with E-state index in [1.807, 2.05) is 43.7 Å². The Morgan fingerprint density at radius 2 is 2.00 bits per heavy atom. The van der Waals surface area contributed by atoms with Crippen LogP contribution in [0.4, 0.5) is 0 Å². The molecular formula is C11H12N2. The largest absolute Gasteiger partial charge is 0.355 e. The number of aliphatic imine (C=N–C) groups is 1. The van der Waals surface area contributed by atoms with Crippen molar-refractivity contribution >= 4 is 6.21 Å². The van der Waals surface area contributed by atoms with E-state index in [9.17, 15) is 0 Å². The van der Waals surface area contributed by atoms with E-state index >= 15 is 0 Å². The van der Waals surface area contributed by atoms with E-state index in [-0.39, 0.29) is 6.17 Å². The van der Waals surface area contributed by atoms with Crippen LogP contribution in [0.2, 0.25) is 0 Å². The molecule has 0 aliphatic carbocycles. The van der Waals surface area contributed by atoms with Crippen LogP contribution in [-0.4, -0.2) is 18.2 Å². The highest BCUT2D eigenvalue weighted by molar-refractivity contribution is 5.72. The fraction of sp³-hybridized carbons (Fsp3) is 0.182. The average Bonchev–Trinajstić information content (AvgIpc) is 2.20. The van der Waals surface area contributed by atoms with Crippen LogP contribution in [-0.2, 0) is 0 Å². The Balaban J connectivity index is 2.27. The van der Waals surface area contributed by atoms with Crippen molar-refractivity contribution in [3.63, 3.8) is 0 Å². The van der Waals surface area contributed by atoms with Gasteiger partial charge in [0.1, 0.15) is 6.17 Å². The number of benzene rings is 1. The number of hydrogen-bond donors (Lipinski definition) is 0. The second-order valence-electron chi connectivity index (χ2n) is 3.09. The van der Waals surface area contributed by atoms with E-state index in [0.717, 1.165) is 0 Å². The molecule has 2 heteroatoms. The van der Waals surface area contributed by atoms with Gasteiger partial charge in [0.05, 0.1) is 0 Å². The van der Waals surface area contributed by atoms with Gasteiger partial charge in [0.15, 0.2) is 0 Å². The molecule has 66 valence electrons. The van der Waals surface area contributed by atoms with Crippen molar-refractivity contribution < 1.29 is 0 Å². The zero-order valence-corrected chi connectivity index (χ0v) is 7.59. The molecule has 0 radical (unpaired) electrons. The minimum Gasteiger partial charge on any atom is -0.355 e. The molecule has 13 heavy (non-hydrogen) atoms. The quantitative estimate of drug-likeness (QED) is 0.634. The molecule has 1 aliphatic heterocycles. The van der Waals surface area contributed by atoms with Crippen molar-refractivity contribution in [3.05, 3.63) is 48.2 Å². The third-order valence-electron chi connectivity index (χ3n) is 2.12. The summed E-state index contributed by atoms with van der Waals surface area (Å²) >= 11 is 0. The van der Waals surface area contributed by atoms with E-state index in [2.05, 4.69) is 22.0 Å². The van der Waals surface area contributed by atoms with Crippen LogP contribution in [0.1, 0.15) is 11.7 Å². The highest BCUT2D eigenvalue weighted by Gasteiger charge is 2.12. The van der Waals surface area contributed by atoms with Crippen LogP contribution in [0.3, 0.4) is 0 Å². The van der Waals surface area contributed by atoms with E-state index < -0.39 is 0 Å². The van der Waals surface area contributed by atoms with Gasteiger partial charge in [-0.1, -0.05) is 30.3 Å². The lowest BCUT2D eigenvalue weighted by atomic mass is 10.1. The van der Waals surface area contributed by atoms with Gasteiger partial charge in [-0.05, 0) is 11.6 Å². The Hall–Kier alpha value is -1.57. The molecule has 1 unspecified atom stereocenters. The van der Waals surface area contributed by atoms with Gasteiger partial charge >= 0.3 is 0 Å². The molecule has 0 fully saturated rings. The van der Waals surface area contributed by atoms with Gasteiger partial charge < -0.3 is 4.90 Å². The molecule has 0 N–H and O–H groups in total. The Morgan fingerprint density at radius 3 is 2.69 bits per heavy atom. The van der Waals surface area contributed by atoms with E-state index in [4.69, 9.17) is 0 Å². The Morgan fingerprint density at radius 1 is 1.23 bits per heavy atom. The number of allylic oxidation sites excluding steroid dienone is 1. The van der Waals surface area contributed by atoms with Gasteiger partial charge in [-0.3, -0.25) is 4.99 Å². The highest BCUT2D eigenvalue weighted by atomic mass is 15.2. The first kappa shape index (κ1) is 8.05. The first-order valence-corrected chi connectivity index (χ1v) is 4.35. The zero-order chi connectivity index (χ0) is 9.10. The first-order chi connectivity index (χ1) is 6.38. The molecule has 0 aromatic heterocycles. The molecule has 1 aliphatic rings. The molecule has 0 saturated carbocycles. The third-order valence-corrected chi connectivity index (χ3v) is 2.12. The smallest absolute Gasteiger partial charge is 0.146 e. The molecule has 1 aromatic carbocycles. The first-order valence-electron chi connectivity index (χ1n) is 4.35. The van der Waals surface area contributed by atoms with Crippen LogP contribution in [0.15, 0.2) is 47.6 Å². The maximum Gasteiger partial charge on any atom is 0.146 e. The van der Waals surface area contributed by atoms with Crippen LogP contribution in [0.5, 0.6) is 0 Å². The predicted molar refractivity (Wildman–Crippen MR) is 54.6 cm³/mol. The van der Waals surface area contributed by atoms with E-state index in [1.54, 1.807) is 0 Å². The Kier molecular flexibility index (Phi) is 2.13. The summed E-state index contributed by atoms with van der Waals surface area (Å²) < 4.78 is 0. The summed E-state index contributed by atoms with van der Waals surface area (Å²) in [4.78, 5) is 6.49. The van der Waals surface area contributed by atoms with Crippen LogP contribution in [0.25, 0.3) is 0 Å². The SMILES string of the molecule is CN1C=CC=NC1c1ccccc1. The van der Waals surface area contributed by atoms with Gasteiger partial charge in [-0.15, -0.1) is 0 Å². The summed E-state index contributed by atoms with van der Waals surface area (Å²) in [5, 5.41) is 0. The Bertz CT molecular complexity index is 327. The molecule has 2 nitrogen and oxygen atoms in total. The topological polar surface area (TPSA) is 15.6 Å². The summed E-state index contributed by atoms with van der Waals surface area (Å²) in [7, 11) is 2.03. The average molecular weight is 172 g/mol. The lowest BCUT2D eigenvalue weighted by molar-refractivity contribution is 0.345. The summed E-state index contributed by atoms with van der Waals surface area (Å²) in [5.41, 5.74) is 1.23. The minimum absolute atomic E-state index is 0.145. The van der Waals surface area contributed by atoms with E-state index in [0.29, 0.717) is 0 Å². The minimum atomic E-state index is 0.145. The van der Waals surface area contributed by atoms with Gasteiger partial charge in [0.25, 0.3) is 0 Å². The van der Waals surface area contributed by atoms with Crippen molar-refractivity contribution in [1.29, 1.82) is 0 Å². The third kappa shape index (κ3) is 1.61. The van der Waals surface area contributed by atoms with Gasteiger partial charge in [0, 0.05) is 19.5 Å². The monoisotopic (exact) mass is 172 g/mol. The second kappa shape index (κ2) is 3.44. The van der Waals surface area contributed by atoms with Crippen molar-refractivity contribution in [3.8, 4) is 0 Å². The predicted octanol–water partition coefficient (Wildman–Crippen LogP) is 2.22. The maximum atomic E-state index is 4.39. The summed E-state index contributed by atoms with van der Waals surface area (Å²) in [5.74, 6) is 0. The van der Waals surface area contributed by atoms with Gasteiger partial charge in [-0.25, -0.2) is 0 Å². The van der Waals surface area contributed by atoms with Crippen molar-refractivity contribution in [1.82, 2.24) is 4.90 Å². The van der Waals surface area contributed by atoms with Gasteiger partial charge in [0.2, 0.25) is 0 Å². The zero-order valence-electron chi connectivity index (χ0n) is 7.59. The molecule has 0 spiro atoms. The van der Waals surface area contributed by atoms with Gasteiger partial charge in [-0.2, -0.15) is 0 Å². The van der Waals surface area contributed by atoms with E-state index in [1.165, 1.54) is 5.56 Å². The number of hydrogen-bond acceptors (Lipinski definition) is 2. The van der Waals surface area contributed by atoms with Crippen LogP contribution < -0.4 is 0 Å². The molecule has 1 aromatic rings. The summed E-state index contributed by atoms with van der Waals surface area (Å²) in [6.07, 6.45) is 5.97. The summed E-state index contributed by atoms with van der Waals surface area (Å²) in [6.45, 7) is 0. The summed E-state index contributed by atoms with van der Waals surface area (Å²) in [6, 6.07) is 10.3. The fourth-order valence-corrected chi connectivity index (χ4v) is 1.44. The van der Waals surface area contributed by atoms with Crippen LogP contribution in [0, 0.1) is 0 Å². The van der Waals surface area contributed by atoms with Crippen molar-refractivity contribution in [2.24, 2.45) is 4.99 Å². The molecule has 2 rings (SSSR count). The lowest BCUT2D eigenvalue weighted by Crippen LogP contribution is -2.19. The number of nitrogens with zero attached hydrogens (tertiary/aromatic N) is 2. The lowest BCUT2D eigenvalue weighted by Gasteiger charge is -2.25. The molecular weight excluding hydrogens is 160 g/mol. The second-order valence-corrected chi connectivity index (χ2v) is 3.09. The highest BCUT2D eigenvalue weighted by Crippen LogP contribution is 2.21. The standard InChI is InChI=1S/C11H12N2/c1-13-9-5-8-12-11(13)10-6-3-2-4-7-10/h2-9,11H,1H3. The molecule has 1 heterocycles. The fourth-order valence-electron chi connectivity index (χ4n) is 1.44. The normalized spacial score (nSPS) is 20.7.